The van der Waals surface area contributed by atoms with Gasteiger partial charge in [-0.25, -0.2) is 9.37 Å². The minimum absolute atomic E-state index is 0.0385. The summed E-state index contributed by atoms with van der Waals surface area (Å²) in [6.07, 6.45) is 4.48. The summed E-state index contributed by atoms with van der Waals surface area (Å²) in [5, 5.41) is 9.17. The van der Waals surface area contributed by atoms with Crippen molar-refractivity contribution in [2.75, 3.05) is 18.1 Å². The first-order valence-corrected chi connectivity index (χ1v) is 6.90. The normalized spacial score (nSPS) is 26.1. The summed E-state index contributed by atoms with van der Waals surface area (Å²) in [6, 6.07) is 1.34. The van der Waals surface area contributed by atoms with Crippen molar-refractivity contribution in [3.63, 3.8) is 0 Å². The summed E-state index contributed by atoms with van der Waals surface area (Å²) in [7, 11) is 0. The Balaban J connectivity index is 1.86. The molecule has 3 rings (SSSR count). The summed E-state index contributed by atoms with van der Waals surface area (Å²) in [4.78, 5) is 17.6. The van der Waals surface area contributed by atoms with Gasteiger partial charge < -0.3 is 14.7 Å². The highest BCUT2D eigenvalue weighted by molar-refractivity contribution is 5.97. The van der Waals surface area contributed by atoms with Crippen molar-refractivity contribution < 1.29 is 19.0 Å². The molecule has 1 aliphatic heterocycles. The molecule has 2 heterocycles. The second kappa shape index (κ2) is 5.36. The highest BCUT2D eigenvalue weighted by Crippen LogP contribution is 2.36. The van der Waals surface area contributed by atoms with Crippen LogP contribution in [-0.4, -0.2) is 35.3 Å². The number of rotatable bonds is 2. The van der Waals surface area contributed by atoms with Gasteiger partial charge in [0.2, 0.25) is 5.88 Å². The maximum absolute atomic E-state index is 13.4. The smallest absolute Gasteiger partial charge is 0.265 e. The zero-order valence-electron chi connectivity index (χ0n) is 11.1. The molecule has 0 aromatic carbocycles. The molecule has 20 heavy (non-hydrogen) atoms. The van der Waals surface area contributed by atoms with E-state index in [1.807, 2.05) is 0 Å². The number of hydrogen-bond acceptors (Lipinski definition) is 4. The second-order valence-electron chi connectivity index (χ2n) is 5.39. The van der Waals surface area contributed by atoms with Gasteiger partial charge in [-0.05, 0) is 31.6 Å². The van der Waals surface area contributed by atoms with Crippen LogP contribution in [0.4, 0.5) is 10.1 Å². The lowest BCUT2D eigenvalue weighted by atomic mass is 9.85. The SMILES string of the molecule is O=C1COc2ncc(F)cc2N1C1CCC(CO)CC1. The number of hydrogen-bond donors (Lipinski definition) is 1. The average molecular weight is 280 g/mol. The van der Waals surface area contributed by atoms with Gasteiger partial charge in [-0.1, -0.05) is 0 Å². The number of fused-ring (bicyclic) bond motifs is 1. The predicted molar refractivity (Wildman–Crippen MR) is 70.0 cm³/mol. The van der Waals surface area contributed by atoms with Gasteiger partial charge in [-0.3, -0.25) is 4.79 Å². The molecule has 108 valence electrons. The number of carbonyl (C=O) groups is 1. The van der Waals surface area contributed by atoms with Crippen LogP contribution in [-0.2, 0) is 4.79 Å². The van der Waals surface area contributed by atoms with E-state index in [1.165, 1.54) is 6.07 Å². The van der Waals surface area contributed by atoms with E-state index in [9.17, 15) is 14.3 Å². The number of halogens is 1. The topological polar surface area (TPSA) is 62.7 Å². The summed E-state index contributed by atoms with van der Waals surface area (Å²) < 4.78 is 18.6. The number of aliphatic hydroxyl groups excluding tert-OH is 1. The first kappa shape index (κ1) is 13.3. The molecule has 1 amide bonds. The van der Waals surface area contributed by atoms with Gasteiger partial charge in [0, 0.05) is 18.7 Å². The van der Waals surface area contributed by atoms with Crippen LogP contribution in [0.25, 0.3) is 0 Å². The Morgan fingerprint density at radius 1 is 1.40 bits per heavy atom. The van der Waals surface area contributed by atoms with E-state index < -0.39 is 5.82 Å². The third-order valence-electron chi connectivity index (χ3n) is 4.10. The number of nitrogens with zero attached hydrogens (tertiary/aromatic N) is 2. The number of aromatic nitrogens is 1. The Morgan fingerprint density at radius 2 is 2.15 bits per heavy atom. The standard InChI is InChI=1S/C14H17FN2O3/c15-10-5-12-14(16-6-10)20-8-13(19)17(12)11-3-1-9(7-18)2-4-11/h5-6,9,11,18H,1-4,7-8H2. The zero-order valence-corrected chi connectivity index (χ0v) is 11.1. The molecular weight excluding hydrogens is 263 g/mol. The maximum Gasteiger partial charge on any atom is 0.265 e. The fraction of sp³-hybridized carbons (Fsp3) is 0.571. The van der Waals surface area contributed by atoms with Gasteiger partial charge in [0.1, 0.15) is 11.5 Å². The second-order valence-corrected chi connectivity index (χ2v) is 5.39. The largest absolute Gasteiger partial charge is 0.466 e. The van der Waals surface area contributed by atoms with Gasteiger partial charge in [0.05, 0.1) is 6.20 Å². The number of amides is 1. The predicted octanol–water partition coefficient (Wildman–Crippen LogP) is 1.50. The molecule has 1 aliphatic carbocycles. The van der Waals surface area contributed by atoms with E-state index in [1.54, 1.807) is 4.90 Å². The lowest BCUT2D eigenvalue weighted by molar-refractivity contribution is -0.122. The zero-order chi connectivity index (χ0) is 14.1. The molecule has 1 saturated carbocycles. The van der Waals surface area contributed by atoms with Crippen LogP contribution in [0.1, 0.15) is 25.7 Å². The minimum Gasteiger partial charge on any atom is -0.466 e. The van der Waals surface area contributed by atoms with Gasteiger partial charge in [-0.2, -0.15) is 0 Å². The number of carbonyl (C=O) groups excluding carboxylic acids is 1. The van der Waals surface area contributed by atoms with Crippen LogP contribution in [0.3, 0.4) is 0 Å². The summed E-state index contributed by atoms with van der Waals surface area (Å²) in [6.45, 7) is 0.141. The quantitative estimate of drug-likeness (QED) is 0.891. The van der Waals surface area contributed by atoms with Gasteiger partial charge in [-0.15, -0.1) is 0 Å². The molecule has 0 bridgehead atoms. The van der Waals surface area contributed by atoms with Crippen molar-refractivity contribution in [1.29, 1.82) is 0 Å². The monoisotopic (exact) mass is 280 g/mol. The van der Waals surface area contributed by atoms with Crippen LogP contribution in [0.15, 0.2) is 12.3 Å². The summed E-state index contributed by atoms with van der Waals surface area (Å²) in [5.74, 6) is -0.00350. The molecule has 2 aliphatic rings. The van der Waals surface area contributed by atoms with Crippen molar-refractivity contribution in [2.24, 2.45) is 5.92 Å². The van der Waals surface area contributed by atoms with Crippen molar-refractivity contribution in [2.45, 2.75) is 31.7 Å². The fourth-order valence-electron chi connectivity index (χ4n) is 3.02. The summed E-state index contributed by atoms with van der Waals surface area (Å²) >= 11 is 0. The number of anilines is 1. The minimum atomic E-state index is -0.476. The summed E-state index contributed by atoms with van der Waals surface area (Å²) in [5.41, 5.74) is 0.425. The Morgan fingerprint density at radius 3 is 2.85 bits per heavy atom. The fourth-order valence-corrected chi connectivity index (χ4v) is 3.02. The number of ether oxygens (including phenoxy) is 1. The molecule has 1 aromatic rings. The molecule has 0 atom stereocenters. The maximum atomic E-state index is 13.4. The molecule has 6 heteroatoms. The van der Waals surface area contributed by atoms with Crippen LogP contribution < -0.4 is 9.64 Å². The lowest BCUT2D eigenvalue weighted by Gasteiger charge is -2.38. The highest BCUT2D eigenvalue weighted by Gasteiger charge is 2.35. The molecule has 5 nitrogen and oxygen atoms in total. The first-order chi connectivity index (χ1) is 9.69. The van der Waals surface area contributed by atoms with Crippen molar-refractivity contribution in [1.82, 2.24) is 4.98 Å². The van der Waals surface area contributed by atoms with Crippen molar-refractivity contribution in [3.05, 3.63) is 18.1 Å². The Kier molecular flexibility index (Phi) is 3.56. The van der Waals surface area contributed by atoms with E-state index in [0.29, 0.717) is 17.5 Å². The number of aliphatic hydroxyl groups is 1. The first-order valence-electron chi connectivity index (χ1n) is 6.90. The van der Waals surface area contributed by atoms with Gasteiger partial charge >= 0.3 is 0 Å². The highest BCUT2D eigenvalue weighted by atomic mass is 19.1. The third kappa shape index (κ3) is 2.35. The van der Waals surface area contributed by atoms with E-state index in [-0.39, 0.29) is 25.2 Å². The molecule has 1 N–H and O–H groups in total. The van der Waals surface area contributed by atoms with Crippen LogP contribution >= 0.6 is 0 Å². The molecule has 0 saturated heterocycles. The van der Waals surface area contributed by atoms with Crippen molar-refractivity contribution >= 4 is 11.6 Å². The van der Waals surface area contributed by atoms with E-state index in [4.69, 9.17) is 4.74 Å². The van der Waals surface area contributed by atoms with Crippen LogP contribution in [0, 0.1) is 11.7 Å². The third-order valence-corrected chi connectivity index (χ3v) is 4.10. The van der Waals surface area contributed by atoms with E-state index in [2.05, 4.69) is 4.98 Å². The Hall–Kier alpha value is -1.69. The molecule has 1 fully saturated rings. The van der Waals surface area contributed by atoms with Gasteiger partial charge in [0.15, 0.2) is 6.61 Å². The van der Waals surface area contributed by atoms with Gasteiger partial charge in [0.25, 0.3) is 5.91 Å². The molecular formula is C14H17FN2O3. The molecule has 0 radical (unpaired) electrons. The van der Waals surface area contributed by atoms with E-state index >= 15 is 0 Å². The Labute approximate surface area is 116 Å². The van der Waals surface area contributed by atoms with Crippen LogP contribution in [0.2, 0.25) is 0 Å². The molecule has 1 aromatic heterocycles. The van der Waals surface area contributed by atoms with E-state index in [0.717, 1.165) is 31.9 Å². The molecule has 0 unspecified atom stereocenters. The Bertz CT molecular complexity index is 515. The number of pyridine rings is 1. The van der Waals surface area contributed by atoms with Crippen molar-refractivity contribution in [3.8, 4) is 5.88 Å². The average Bonchev–Trinajstić information content (AvgIpc) is 2.47. The lowest BCUT2D eigenvalue weighted by Crippen LogP contribution is -2.47. The van der Waals surface area contributed by atoms with Crippen LogP contribution in [0.5, 0.6) is 5.88 Å². The molecule has 0 spiro atoms.